The largest absolute Gasteiger partial charge is 0.334 e. The van der Waals surface area contributed by atoms with E-state index in [0.29, 0.717) is 10.8 Å². The van der Waals surface area contributed by atoms with E-state index in [1.54, 1.807) is 23.9 Å². The first-order valence-corrected chi connectivity index (χ1v) is 8.16. The summed E-state index contributed by atoms with van der Waals surface area (Å²) in [6.45, 7) is 0.783. The van der Waals surface area contributed by atoms with Gasteiger partial charge in [0.15, 0.2) is 5.17 Å². The van der Waals surface area contributed by atoms with Crippen molar-refractivity contribution >= 4 is 38.5 Å². The van der Waals surface area contributed by atoms with Crippen LogP contribution in [0.1, 0.15) is 16.4 Å². The Morgan fingerprint density at radius 2 is 2.05 bits per heavy atom. The molecule has 0 radical (unpaired) electrons. The molecule has 1 aliphatic rings. The van der Waals surface area contributed by atoms with Gasteiger partial charge in [0.25, 0.3) is 0 Å². The molecule has 1 heterocycles. The van der Waals surface area contributed by atoms with Gasteiger partial charge in [0.05, 0.1) is 29.1 Å². The number of nitrogens with zero attached hydrogens (tertiary/aromatic N) is 2. The van der Waals surface area contributed by atoms with Crippen LogP contribution in [0, 0.1) is 11.3 Å². The normalized spacial score (nSPS) is 17.1. The van der Waals surface area contributed by atoms with Crippen LogP contribution in [0.3, 0.4) is 0 Å². The lowest BCUT2D eigenvalue weighted by Crippen LogP contribution is -2.06. The summed E-state index contributed by atoms with van der Waals surface area (Å²) in [5.74, 6) is 0. The Labute approximate surface area is 136 Å². The van der Waals surface area contributed by atoms with Crippen LogP contribution >= 0.6 is 27.7 Å². The molecule has 104 valence electrons. The summed E-state index contributed by atoms with van der Waals surface area (Å²) < 4.78 is 0.869. The SMILES string of the molecule is N#Cc1ccc(NC2=NCC(c3ccccc3)S2)c(Br)c1. The van der Waals surface area contributed by atoms with Crippen molar-refractivity contribution in [3.8, 4) is 6.07 Å². The number of nitriles is 1. The van der Waals surface area contributed by atoms with E-state index in [1.165, 1.54) is 5.56 Å². The smallest absolute Gasteiger partial charge is 0.161 e. The molecule has 1 atom stereocenters. The van der Waals surface area contributed by atoms with Gasteiger partial charge in [-0.25, -0.2) is 0 Å². The lowest BCUT2D eigenvalue weighted by Gasteiger charge is -2.10. The first-order valence-electron chi connectivity index (χ1n) is 6.49. The molecule has 1 aliphatic heterocycles. The number of nitrogens with one attached hydrogen (secondary N) is 1. The van der Waals surface area contributed by atoms with Crippen molar-refractivity contribution in [2.45, 2.75) is 5.25 Å². The van der Waals surface area contributed by atoms with Crippen molar-refractivity contribution in [3.63, 3.8) is 0 Å². The predicted octanol–water partition coefficient (Wildman–Crippen LogP) is 4.58. The molecule has 1 N–H and O–H groups in total. The summed E-state index contributed by atoms with van der Waals surface area (Å²) in [6, 6.07) is 18.0. The molecule has 3 rings (SSSR count). The summed E-state index contributed by atoms with van der Waals surface area (Å²) >= 11 is 5.21. The van der Waals surface area contributed by atoms with Gasteiger partial charge in [-0.15, -0.1) is 0 Å². The van der Waals surface area contributed by atoms with Crippen LogP contribution in [0.4, 0.5) is 5.69 Å². The van der Waals surface area contributed by atoms with Crippen molar-refractivity contribution < 1.29 is 0 Å². The molecule has 3 nitrogen and oxygen atoms in total. The molecule has 0 spiro atoms. The minimum atomic E-state index is 0.367. The first kappa shape index (κ1) is 14.2. The number of halogens is 1. The molecule has 0 saturated heterocycles. The minimum absolute atomic E-state index is 0.367. The Kier molecular flexibility index (Phi) is 4.28. The van der Waals surface area contributed by atoms with Gasteiger partial charge >= 0.3 is 0 Å². The number of hydrogen-bond donors (Lipinski definition) is 1. The molecule has 0 aromatic heterocycles. The molecule has 2 aromatic rings. The van der Waals surface area contributed by atoms with Gasteiger partial charge in [-0.3, -0.25) is 4.99 Å². The van der Waals surface area contributed by atoms with Crippen LogP contribution in [0.2, 0.25) is 0 Å². The topological polar surface area (TPSA) is 48.2 Å². The average molecular weight is 358 g/mol. The maximum absolute atomic E-state index is 8.88. The van der Waals surface area contributed by atoms with E-state index in [2.05, 4.69) is 56.6 Å². The van der Waals surface area contributed by atoms with Crippen molar-refractivity contribution in [2.75, 3.05) is 11.9 Å². The average Bonchev–Trinajstić information content (AvgIpc) is 2.99. The fourth-order valence-electron chi connectivity index (χ4n) is 2.09. The van der Waals surface area contributed by atoms with Crippen molar-refractivity contribution in [1.29, 1.82) is 5.26 Å². The van der Waals surface area contributed by atoms with E-state index in [0.717, 1.165) is 21.9 Å². The molecular formula is C16H12BrN3S. The maximum atomic E-state index is 8.88. The second-order valence-corrected chi connectivity index (χ2v) is 6.64. The van der Waals surface area contributed by atoms with Crippen molar-refractivity contribution in [3.05, 3.63) is 64.1 Å². The van der Waals surface area contributed by atoms with E-state index in [9.17, 15) is 0 Å². The summed E-state index contributed by atoms with van der Waals surface area (Å²) in [5, 5.41) is 13.5. The highest BCUT2D eigenvalue weighted by atomic mass is 79.9. The summed E-state index contributed by atoms with van der Waals surface area (Å²) in [5.41, 5.74) is 2.85. The van der Waals surface area contributed by atoms with Crippen LogP contribution < -0.4 is 5.32 Å². The molecule has 21 heavy (non-hydrogen) atoms. The molecule has 0 bridgehead atoms. The lowest BCUT2D eigenvalue weighted by atomic mass is 10.1. The first-order chi connectivity index (χ1) is 10.3. The van der Waals surface area contributed by atoms with E-state index >= 15 is 0 Å². The number of benzene rings is 2. The second kappa shape index (κ2) is 6.33. The summed E-state index contributed by atoms with van der Waals surface area (Å²) in [4.78, 5) is 4.56. The van der Waals surface area contributed by atoms with Crippen molar-refractivity contribution in [1.82, 2.24) is 0 Å². The number of aliphatic imine (C=N–C) groups is 1. The van der Waals surface area contributed by atoms with E-state index in [1.807, 2.05) is 12.1 Å². The Morgan fingerprint density at radius 3 is 2.76 bits per heavy atom. The van der Waals surface area contributed by atoms with E-state index in [4.69, 9.17) is 5.26 Å². The number of amidine groups is 1. The van der Waals surface area contributed by atoms with Crippen LogP contribution in [0.5, 0.6) is 0 Å². The van der Waals surface area contributed by atoms with Crippen LogP contribution in [-0.2, 0) is 0 Å². The minimum Gasteiger partial charge on any atom is -0.334 e. The summed E-state index contributed by atoms with van der Waals surface area (Å²) in [6.07, 6.45) is 0. The number of thioether (sulfide) groups is 1. The second-order valence-electron chi connectivity index (χ2n) is 4.59. The standard InChI is InChI=1S/C16H12BrN3S/c17-13-8-11(9-18)6-7-14(13)20-16-19-10-15(21-16)12-4-2-1-3-5-12/h1-8,15H,10H2,(H,19,20). The zero-order chi connectivity index (χ0) is 14.7. The molecule has 1 unspecified atom stereocenters. The van der Waals surface area contributed by atoms with Gasteiger partial charge in [-0.2, -0.15) is 5.26 Å². The van der Waals surface area contributed by atoms with Gasteiger partial charge < -0.3 is 5.32 Å². The molecule has 0 amide bonds. The van der Waals surface area contributed by atoms with Gasteiger partial charge in [-0.1, -0.05) is 42.1 Å². The van der Waals surface area contributed by atoms with Gasteiger partial charge in [0.2, 0.25) is 0 Å². The highest BCUT2D eigenvalue weighted by Gasteiger charge is 2.21. The van der Waals surface area contributed by atoms with Crippen LogP contribution in [0.15, 0.2) is 58.0 Å². The van der Waals surface area contributed by atoms with Gasteiger partial charge in [0, 0.05) is 4.47 Å². The molecule has 0 fully saturated rings. The third-order valence-electron chi connectivity index (χ3n) is 3.17. The Hall–Kier alpha value is -1.77. The molecule has 2 aromatic carbocycles. The zero-order valence-corrected chi connectivity index (χ0v) is 13.5. The molecule has 0 saturated carbocycles. The van der Waals surface area contributed by atoms with Crippen LogP contribution in [-0.4, -0.2) is 11.7 Å². The van der Waals surface area contributed by atoms with Gasteiger partial charge in [-0.05, 0) is 39.7 Å². The lowest BCUT2D eigenvalue weighted by molar-refractivity contribution is 0.966. The van der Waals surface area contributed by atoms with Crippen LogP contribution in [0.25, 0.3) is 0 Å². The number of hydrogen-bond acceptors (Lipinski definition) is 4. The van der Waals surface area contributed by atoms with E-state index in [-0.39, 0.29) is 0 Å². The molecular weight excluding hydrogens is 346 g/mol. The highest BCUT2D eigenvalue weighted by molar-refractivity contribution is 9.10. The summed E-state index contributed by atoms with van der Waals surface area (Å²) in [7, 11) is 0. The molecule has 5 heteroatoms. The molecule has 0 aliphatic carbocycles. The third-order valence-corrected chi connectivity index (χ3v) is 4.98. The fourth-order valence-corrected chi connectivity index (χ4v) is 3.59. The van der Waals surface area contributed by atoms with Crippen molar-refractivity contribution in [2.24, 2.45) is 4.99 Å². The monoisotopic (exact) mass is 357 g/mol. The Bertz CT molecular complexity index is 722. The highest BCUT2D eigenvalue weighted by Crippen LogP contribution is 2.36. The third kappa shape index (κ3) is 3.29. The maximum Gasteiger partial charge on any atom is 0.161 e. The van der Waals surface area contributed by atoms with Gasteiger partial charge in [0.1, 0.15) is 0 Å². The Morgan fingerprint density at radius 1 is 1.24 bits per heavy atom. The zero-order valence-electron chi connectivity index (χ0n) is 11.1. The van der Waals surface area contributed by atoms with E-state index < -0.39 is 0 Å². The number of anilines is 1. The predicted molar refractivity (Wildman–Crippen MR) is 91.6 cm³/mol. The number of rotatable bonds is 2. The fraction of sp³-hybridized carbons (Fsp3) is 0.125. The quantitative estimate of drug-likeness (QED) is 0.855. The Balaban J connectivity index is 1.69.